The van der Waals surface area contributed by atoms with E-state index in [9.17, 15) is 15.3 Å². The van der Waals surface area contributed by atoms with Crippen molar-refractivity contribution >= 4 is 0 Å². The topological polar surface area (TPSA) is 72.7 Å². The Bertz CT molecular complexity index is 383. The van der Waals surface area contributed by atoms with Gasteiger partial charge in [0, 0.05) is 6.07 Å². The van der Waals surface area contributed by atoms with Crippen LogP contribution in [0.15, 0.2) is 18.2 Å². The second-order valence-corrected chi connectivity index (χ2v) is 5.05. The van der Waals surface area contributed by atoms with Gasteiger partial charge in [-0.05, 0) is 49.9 Å². The minimum absolute atomic E-state index is 0.00731. The van der Waals surface area contributed by atoms with Crippen molar-refractivity contribution in [1.82, 2.24) is 5.32 Å². The van der Waals surface area contributed by atoms with Gasteiger partial charge in [-0.15, -0.1) is 0 Å². The summed E-state index contributed by atoms with van der Waals surface area (Å²) < 4.78 is 0. The van der Waals surface area contributed by atoms with Crippen molar-refractivity contribution in [3.63, 3.8) is 0 Å². The molecule has 94 valence electrons. The molecule has 0 heterocycles. The fraction of sp³-hybridized carbons (Fsp3) is 0.538. The van der Waals surface area contributed by atoms with E-state index in [1.165, 1.54) is 18.9 Å². The zero-order chi connectivity index (χ0) is 12.5. The zero-order valence-electron chi connectivity index (χ0n) is 9.98. The average Bonchev–Trinajstić information content (AvgIpc) is 3.08. The summed E-state index contributed by atoms with van der Waals surface area (Å²) in [5, 5.41) is 31.8. The smallest absolute Gasteiger partial charge is 0.119 e. The molecule has 1 fully saturated rings. The van der Waals surface area contributed by atoms with Gasteiger partial charge in [-0.2, -0.15) is 0 Å². The predicted molar refractivity (Wildman–Crippen MR) is 64.9 cm³/mol. The maximum Gasteiger partial charge on any atom is 0.119 e. The number of nitrogens with one attached hydrogen (secondary N) is 1. The van der Waals surface area contributed by atoms with E-state index in [0.717, 1.165) is 6.54 Å². The van der Waals surface area contributed by atoms with E-state index in [1.807, 2.05) is 6.92 Å². The SMILES string of the molecule is CC(CO)(NCC1CC1)c1cc(O)cc(O)c1. The van der Waals surface area contributed by atoms with Crippen LogP contribution in [0.5, 0.6) is 11.5 Å². The minimum atomic E-state index is -0.626. The van der Waals surface area contributed by atoms with Crippen LogP contribution in [0.3, 0.4) is 0 Å². The van der Waals surface area contributed by atoms with Crippen LogP contribution in [0, 0.1) is 5.92 Å². The summed E-state index contributed by atoms with van der Waals surface area (Å²) in [5.41, 5.74) is 0.0666. The third kappa shape index (κ3) is 2.90. The molecule has 0 amide bonds. The van der Waals surface area contributed by atoms with E-state index in [0.29, 0.717) is 11.5 Å². The molecule has 1 aliphatic carbocycles. The molecular formula is C13H19NO3. The molecule has 0 aromatic heterocycles. The molecule has 4 heteroatoms. The van der Waals surface area contributed by atoms with Crippen LogP contribution < -0.4 is 5.32 Å². The summed E-state index contributed by atoms with van der Waals surface area (Å²) in [6, 6.07) is 4.41. The molecule has 0 saturated heterocycles. The summed E-state index contributed by atoms with van der Waals surface area (Å²) in [5.74, 6) is 0.715. The first-order chi connectivity index (χ1) is 8.03. The molecule has 17 heavy (non-hydrogen) atoms. The van der Waals surface area contributed by atoms with Crippen LogP contribution in [0.4, 0.5) is 0 Å². The second-order valence-electron chi connectivity index (χ2n) is 5.05. The number of phenolic OH excluding ortho intramolecular Hbond substituents is 2. The third-order valence-electron chi connectivity index (χ3n) is 3.33. The highest BCUT2D eigenvalue weighted by atomic mass is 16.3. The summed E-state index contributed by atoms with van der Waals surface area (Å²) in [4.78, 5) is 0. The number of aromatic hydroxyl groups is 2. The van der Waals surface area contributed by atoms with Gasteiger partial charge in [0.1, 0.15) is 11.5 Å². The maximum atomic E-state index is 9.53. The first-order valence-electron chi connectivity index (χ1n) is 5.93. The van der Waals surface area contributed by atoms with Crippen molar-refractivity contribution in [2.75, 3.05) is 13.2 Å². The monoisotopic (exact) mass is 237 g/mol. The Morgan fingerprint density at radius 2 is 1.82 bits per heavy atom. The lowest BCUT2D eigenvalue weighted by Gasteiger charge is -2.29. The van der Waals surface area contributed by atoms with Gasteiger partial charge in [-0.1, -0.05) is 0 Å². The summed E-state index contributed by atoms with van der Waals surface area (Å²) >= 11 is 0. The molecule has 4 N–H and O–H groups in total. The van der Waals surface area contributed by atoms with Crippen LogP contribution >= 0.6 is 0 Å². The first-order valence-corrected chi connectivity index (χ1v) is 5.93. The van der Waals surface area contributed by atoms with E-state index < -0.39 is 5.54 Å². The highest BCUT2D eigenvalue weighted by molar-refractivity contribution is 5.40. The van der Waals surface area contributed by atoms with Gasteiger partial charge in [-0.25, -0.2) is 0 Å². The molecule has 0 bridgehead atoms. The molecule has 1 aromatic rings. The van der Waals surface area contributed by atoms with Gasteiger partial charge < -0.3 is 20.6 Å². The molecule has 1 aliphatic rings. The highest BCUT2D eigenvalue weighted by Crippen LogP contribution is 2.32. The Hall–Kier alpha value is -1.26. The number of aliphatic hydroxyl groups is 1. The fourth-order valence-corrected chi connectivity index (χ4v) is 1.85. The molecule has 4 nitrogen and oxygen atoms in total. The molecular weight excluding hydrogens is 218 g/mol. The van der Waals surface area contributed by atoms with Crippen LogP contribution in [-0.2, 0) is 5.54 Å². The molecule has 0 radical (unpaired) electrons. The van der Waals surface area contributed by atoms with E-state index in [2.05, 4.69) is 5.32 Å². The van der Waals surface area contributed by atoms with Gasteiger partial charge in [0.2, 0.25) is 0 Å². The van der Waals surface area contributed by atoms with Crippen LogP contribution in [0.1, 0.15) is 25.3 Å². The standard InChI is InChI=1S/C13H19NO3/c1-13(8-15,14-7-9-2-3-9)10-4-11(16)6-12(17)5-10/h4-6,9,14-17H,2-3,7-8H2,1H3. The molecule has 1 atom stereocenters. The van der Waals surface area contributed by atoms with E-state index >= 15 is 0 Å². The van der Waals surface area contributed by atoms with Crippen molar-refractivity contribution in [2.45, 2.75) is 25.3 Å². The first kappa shape index (κ1) is 12.2. The summed E-state index contributed by atoms with van der Waals surface area (Å²) in [7, 11) is 0. The molecule has 1 aromatic carbocycles. The van der Waals surface area contributed by atoms with Crippen molar-refractivity contribution in [3.05, 3.63) is 23.8 Å². The lowest BCUT2D eigenvalue weighted by Crippen LogP contribution is -2.43. The molecule has 1 saturated carbocycles. The Morgan fingerprint density at radius 1 is 1.24 bits per heavy atom. The van der Waals surface area contributed by atoms with Gasteiger partial charge in [0.25, 0.3) is 0 Å². The highest BCUT2D eigenvalue weighted by Gasteiger charge is 2.30. The number of aliphatic hydroxyl groups excluding tert-OH is 1. The Labute approximate surface area is 101 Å². The van der Waals surface area contributed by atoms with Crippen LogP contribution in [-0.4, -0.2) is 28.5 Å². The third-order valence-corrected chi connectivity index (χ3v) is 3.33. The Balaban J connectivity index is 2.18. The van der Waals surface area contributed by atoms with Crippen molar-refractivity contribution in [2.24, 2.45) is 5.92 Å². The number of hydrogen-bond acceptors (Lipinski definition) is 4. The van der Waals surface area contributed by atoms with E-state index in [4.69, 9.17) is 0 Å². The summed E-state index contributed by atoms with van der Waals surface area (Å²) in [6.45, 7) is 2.64. The molecule has 2 rings (SSSR count). The van der Waals surface area contributed by atoms with Crippen molar-refractivity contribution in [3.8, 4) is 11.5 Å². The fourth-order valence-electron chi connectivity index (χ4n) is 1.85. The maximum absolute atomic E-state index is 9.53. The number of phenols is 2. The van der Waals surface area contributed by atoms with Gasteiger partial charge >= 0.3 is 0 Å². The number of hydrogen-bond donors (Lipinski definition) is 4. The predicted octanol–water partition coefficient (Wildman–Crippen LogP) is 1.30. The number of benzene rings is 1. The lowest BCUT2D eigenvalue weighted by molar-refractivity contribution is 0.173. The summed E-state index contributed by atoms with van der Waals surface area (Å²) in [6.07, 6.45) is 2.47. The average molecular weight is 237 g/mol. The van der Waals surface area contributed by atoms with Crippen molar-refractivity contribution in [1.29, 1.82) is 0 Å². The lowest BCUT2D eigenvalue weighted by atomic mass is 9.92. The quantitative estimate of drug-likeness (QED) is 0.623. The van der Waals surface area contributed by atoms with Gasteiger partial charge in [-0.3, -0.25) is 0 Å². The Kier molecular flexibility index (Phi) is 3.26. The molecule has 0 aliphatic heterocycles. The van der Waals surface area contributed by atoms with E-state index in [1.54, 1.807) is 12.1 Å². The second kappa shape index (κ2) is 4.55. The Morgan fingerprint density at radius 3 is 2.29 bits per heavy atom. The minimum Gasteiger partial charge on any atom is -0.508 e. The number of rotatable bonds is 5. The molecule has 1 unspecified atom stereocenters. The van der Waals surface area contributed by atoms with Crippen molar-refractivity contribution < 1.29 is 15.3 Å². The van der Waals surface area contributed by atoms with Crippen LogP contribution in [0.25, 0.3) is 0 Å². The van der Waals surface area contributed by atoms with Gasteiger partial charge in [0.15, 0.2) is 0 Å². The largest absolute Gasteiger partial charge is 0.508 e. The molecule has 0 spiro atoms. The van der Waals surface area contributed by atoms with Crippen LogP contribution in [0.2, 0.25) is 0 Å². The zero-order valence-corrected chi connectivity index (χ0v) is 9.98. The van der Waals surface area contributed by atoms with E-state index in [-0.39, 0.29) is 18.1 Å². The van der Waals surface area contributed by atoms with Gasteiger partial charge in [0.05, 0.1) is 12.1 Å². The normalized spacial score (nSPS) is 18.9.